The lowest BCUT2D eigenvalue weighted by atomic mass is 10.2. The minimum absolute atomic E-state index is 0.596. The zero-order valence-electron chi connectivity index (χ0n) is 13.7. The Balaban J connectivity index is 4.45. The molecule has 0 fully saturated rings. The van der Waals surface area contributed by atoms with Gasteiger partial charge in [0.15, 0.2) is 0 Å². The van der Waals surface area contributed by atoms with E-state index < -0.39 is 73.1 Å². The zero-order chi connectivity index (χ0) is 20.4. The topological polar surface area (TPSA) is 225 Å². The van der Waals surface area contributed by atoms with Gasteiger partial charge in [-0.2, -0.15) is 0 Å². The molecule has 0 spiro atoms. The summed E-state index contributed by atoms with van der Waals surface area (Å²) < 4.78 is 0. The molecule has 0 saturated carbocycles. The van der Waals surface area contributed by atoms with Gasteiger partial charge in [0.2, 0.25) is 17.7 Å². The van der Waals surface area contributed by atoms with Crippen molar-refractivity contribution in [1.29, 1.82) is 0 Å². The summed E-state index contributed by atoms with van der Waals surface area (Å²) in [5.41, 5.74) is 5.28. The molecular formula is C13H20N4O9. The van der Waals surface area contributed by atoms with Crippen LogP contribution in [0, 0.1) is 0 Å². The number of rotatable bonds is 11. The second kappa shape index (κ2) is 10.6. The lowest BCUT2D eigenvalue weighted by Crippen LogP contribution is -2.53. The summed E-state index contributed by atoms with van der Waals surface area (Å²) in [7, 11) is 0. The number of carboxylic acids is 3. The number of carbonyl (C=O) groups is 6. The average molecular weight is 376 g/mol. The van der Waals surface area contributed by atoms with Gasteiger partial charge in [-0.05, 0) is 6.92 Å². The van der Waals surface area contributed by atoms with Gasteiger partial charge >= 0.3 is 17.9 Å². The number of carboxylic acid groups (broad SMARTS) is 3. The van der Waals surface area contributed by atoms with Crippen LogP contribution < -0.4 is 21.7 Å². The van der Waals surface area contributed by atoms with Gasteiger partial charge in [-0.15, -0.1) is 0 Å². The van der Waals surface area contributed by atoms with E-state index in [1.807, 2.05) is 5.32 Å². The molecule has 0 aromatic rings. The Kier molecular flexibility index (Phi) is 9.29. The van der Waals surface area contributed by atoms with Crippen molar-refractivity contribution in [1.82, 2.24) is 16.0 Å². The number of amides is 3. The quantitative estimate of drug-likeness (QED) is 0.188. The molecule has 0 aliphatic rings. The summed E-state index contributed by atoms with van der Waals surface area (Å²) in [5, 5.41) is 32.1. The van der Waals surface area contributed by atoms with Crippen molar-refractivity contribution < 1.29 is 44.1 Å². The highest BCUT2D eigenvalue weighted by Crippen LogP contribution is 1.95. The highest BCUT2D eigenvalue weighted by atomic mass is 16.4. The molecule has 0 radical (unpaired) electrons. The van der Waals surface area contributed by atoms with E-state index >= 15 is 0 Å². The molecule has 0 saturated heterocycles. The van der Waals surface area contributed by atoms with Gasteiger partial charge in [-0.25, -0.2) is 4.79 Å². The summed E-state index contributed by atoms with van der Waals surface area (Å²) in [6.45, 7) is 0.617. The lowest BCUT2D eigenvalue weighted by molar-refractivity contribution is -0.147. The maximum atomic E-state index is 11.8. The average Bonchev–Trinajstić information content (AvgIpc) is 2.50. The van der Waals surface area contributed by atoms with E-state index in [1.54, 1.807) is 0 Å². The van der Waals surface area contributed by atoms with Crippen LogP contribution in [0.4, 0.5) is 0 Å². The fraction of sp³-hybridized carbons (Fsp3) is 0.538. The third kappa shape index (κ3) is 9.17. The van der Waals surface area contributed by atoms with Crippen LogP contribution in [0.15, 0.2) is 0 Å². The Morgan fingerprint density at radius 1 is 0.885 bits per heavy atom. The molecule has 3 unspecified atom stereocenters. The van der Waals surface area contributed by atoms with E-state index in [9.17, 15) is 28.8 Å². The Morgan fingerprint density at radius 2 is 1.42 bits per heavy atom. The van der Waals surface area contributed by atoms with Crippen molar-refractivity contribution in [2.24, 2.45) is 5.73 Å². The maximum absolute atomic E-state index is 11.8. The van der Waals surface area contributed by atoms with E-state index in [2.05, 4.69) is 10.6 Å². The molecule has 3 amide bonds. The Hall–Kier alpha value is -3.22. The molecule has 0 aliphatic heterocycles. The molecule has 13 heteroatoms. The molecule has 0 aromatic carbocycles. The maximum Gasteiger partial charge on any atom is 0.326 e. The highest BCUT2D eigenvalue weighted by molar-refractivity contribution is 5.93. The summed E-state index contributed by atoms with van der Waals surface area (Å²) in [4.78, 5) is 66.7. The molecule has 26 heavy (non-hydrogen) atoms. The summed E-state index contributed by atoms with van der Waals surface area (Å²) in [5.74, 6) is -6.94. The largest absolute Gasteiger partial charge is 0.481 e. The van der Waals surface area contributed by atoms with Crippen LogP contribution in [-0.4, -0.2) is 75.6 Å². The number of hydrogen-bond acceptors (Lipinski definition) is 7. The molecule has 0 bridgehead atoms. The Bertz CT molecular complexity index is 592. The van der Waals surface area contributed by atoms with Crippen LogP contribution in [0.3, 0.4) is 0 Å². The van der Waals surface area contributed by atoms with Crippen molar-refractivity contribution in [3.05, 3.63) is 0 Å². The third-order valence-corrected chi connectivity index (χ3v) is 2.92. The van der Waals surface area contributed by atoms with Crippen molar-refractivity contribution in [2.75, 3.05) is 6.54 Å². The first-order valence-electron chi connectivity index (χ1n) is 7.23. The van der Waals surface area contributed by atoms with E-state index in [0.29, 0.717) is 0 Å². The number of carbonyl (C=O) groups excluding carboxylic acids is 3. The second-order valence-corrected chi connectivity index (χ2v) is 5.21. The van der Waals surface area contributed by atoms with Crippen LogP contribution in [0.1, 0.15) is 19.8 Å². The summed E-state index contributed by atoms with van der Waals surface area (Å²) >= 11 is 0. The molecule has 0 heterocycles. The lowest BCUT2D eigenvalue weighted by Gasteiger charge is -2.18. The third-order valence-electron chi connectivity index (χ3n) is 2.92. The molecule has 0 aliphatic carbocycles. The molecule has 3 atom stereocenters. The van der Waals surface area contributed by atoms with Crippen LogP contribution in [0.5, 0.6) is 0 Å². The minimum atomic E-state index is -1.67. The van der Waals surface area contributed by atoms with Crippen LogP contribution in [-0.2, 0) is 28.8 Å². The van der Waals surface area contributed by atoms with E-state index in [0.717, 1.165) is 0 Å². The Morgan fingerprint density at radius 3 is 1.88 bits per heavy atom. The highest BCUT2D eigenvalue weighted by Gasteiger charge is 2.26. The van der Waals surface area contributed by atoms with Gasteiger partial charge in [-0.1, -0.05) is 0 Å². The number of aliphatic carboxylic acids is 3. The van der Waals surface area contributed by atoms with Crippen molar-refractivity contribution in [3.63, 3.8) is 0 Å². The van der Waals surface area contributed by atoms with Crippen LogP contribution >= 0.6 is 0 Å². The first-order chi connectivity index (χ1) is 11.9. The first-order valence-corrected chi connectivity index (χ1v) is 7.23. The van der Waals surface area contributed by atoms with Gasteiger partial charge in [0.1, 0.15) is 12.1 Å². The number of hydrogen-bond donors (Lipinski definition) is 7. The van der Waals surface area contributed by atoms with E-state index in [1.165, 1.54) is 6.92 Å². The van der Waals surface area contributed by atoms with Gasteiger partial charge in [-0.3, -0.25) is 24.0 Å². The molecule has 0 rings (SSSR count). The summed E-state index contributed by atoms with van der Waals surface area (Å²) in [6, 6.07) is -4.25. The SMILES string of the molecule is CC(NC(=O)CNC(=O)C(N)CC(=O)O)C(=O)NC(CC(=O)O)C(=O)O. The molecule has 0 aromatic heterocycles. The Labute approximate surface area is 146 Å². The molecular weight excluding hydrogens is 356 g/mol. The van der Waals surface area contributed by atoms with Crippen molar-refractivity contribution in [3.8, 4) is 0 Å². The van der Waals surface area contributed by atoms with Crippen LogP contribution in [0.25, 0.3) is 0 Å². The fourth-order valence-corrected chi connectivity index (χ4v) is 1.61. The van der Waals surface area contributed by atoms with E-state index in [-0.39, 0.29) is 0 Å². The fourth-order valence-electron chi connectivity index (χ4n) is 1.61. The van der Waals surface area contributed by atoms with Crippen LogP contribution in [0.2, 0.25) is 0 Å². The number of nitrogens with two attached hydrogens (primary N) is 1. The van der Waals surface area contributed by atoms with Gasteiger partial charge in [0, 0.05) is 0 Å². The molecule has 8 N–H and O–H groups in total. The van der Waals surface area contributed by atoms with Gasteiger partial charge in [0.05, 0.1) is 25.4 Å². The molecule has 13 nitrogen and oxygen atoms in total. The summed E-state index contributed by atoms with van der Waals surface area (Å²) in [6.07, 6.45) is -1.48. The van der Waals surface area contributed by atoms with Gasteiger partial charge < -0.3 is 37.0 Å². The van der Waals surface area contributed by atoms with Gasteiger partial charge in [0.25, 0.3) is 0 Å². The minimum Gasteiger partial charge on any atom is -0.481 e. The first kappa shape index (κ1) is 22.8. The monoisotopic (exact) mass is 376 g/mol. The normalized spacial score (nSPS) is 13.6. The van der Waals surface area contributed by atoms with Crippen molar-refractivity contribution >= 4 is 35.6 Å². The predicted octanol–water partition coefficient (Wildman–Crippen LogP) is -3.55. The predicted molar refractivity (Wildman–Crippen MR) is 82.7 cm³/mol. The standard InChI is InChI=1S/C13H20N4O9/c1-5(11(23)17-7(13(25)26)3-10(21)22)16-8(18)4-15-12(24)6(14)2-9(19)20/h5-7H,2-4,14H2,1H3,(H,15,24)(H,16,18)(H,17,23)(H,19,20)(H,21,22)(H,25,26). The zero-order valence-corrected chi connectivity index (χ0v) is 13.7. The smallest absolute Gasteiger partial charge is 0.326 e. The molecule has 146 valence electrons. The number of nitrogens with one attached hydrogen (secondary N) is 3. The second-order valence-electron chi connectivity index (χ2n) is 5.21. The van der Waals surface area contributed by atoms with E-state index in [4.69, 9.17) is 21.1 Å². The van der Waals surface area contributed by atoms with Crippen molar-refractivity contribution in [2.45, 2.75) is 37.9 Å².